The minimum Gasteiger partial charge on any atom is -0.480 e. The highest BCUT2D eigenvalue weighted by molar-refractivity contribution is 14.1. The number of rotatable bonds is 31. The van der Waals surface area contributed by atoms with Crippen molar-refractivity contribution in [1.29, 1.82) is 0 Å². The summed E-state index contributed by atoms with van der Waals surface area (Å²) in [5, 5.41) is 54.9. The minimum absolute atomic E-state index is 0.0195. The fourth-order valence-electron chi connectivity index (χ4n) is 8.07. The monoisotopic (exact) mass is 1150 g/mol. The zero-order chi connectivity index (χ0) is 54.6. The maximum atomic E-state index is 13.5. The number of unbranched alkanes of at least 4 members (excludes halogenated alkanes) is 3. The predicted molar refractivity (Wildman–Crippen MR) is 277 cm³/mol. The van der Waals surface area contributed by atoms with Crippen LogP contribution in [0, 0.1) is 3.57 Å². The van der Waals surface area contributed by atoms with Crippen LogP contribution in [0.2, 0.25) is 0 Å². The number of urea groups is 1. The standard InChI is InChI=1S/C50H71IN8O15/c1-35(60)10-19-41(49(72)73)54-50(74)53-40(48(70)71)7-5-6-20-59(30-37-13-17-39(51)18-14-37)44(63)9-4-2-3-8-42(61)38-15-11-36(12-16-38)29-52-43(62)31-55-21-23-56(32-45(64)65)25-27-58(34-47(68)69)28-26-57(24-22-55)33-46(66)67/h11-18,40-41H,2-10,19-34H2,1H3,(H,52,62)(H,64,65)(H,66,67)(H,68,69)(H,70,71)(H,72,73)(H2,53,54,74)/t40-,41-/m1/s1. The number of carboxylic acid groups (broad SMARTS) is 5. The van der Waals surface area contributed by atoms with E-state index < -0.39 is 48.0 Å². The Hall–Kier alpha value is -6.09. The van der Waals surface area contributed by atoms with Crippen molar-refractivity contribution in [3.63, 3.8) is 0 Å². The van der Waals surface area contributed by atoms with Crippen LogP contribution in [0.3, 0.4) is 0 Å². The third kappa shape index (κ3) is 26.2. The van der Waals surface area contributed by atoms with E-state index in [1.807, 2.05) is 29.2 Å². The Labute approximate surface area is 444 Å². The Morgan fingerprint density at radius 3 is 1.49 bits per heavy atom. The number of carbonyl (C=O) groups is 10. The average molecular weight is 1150 g/mol. The molecular formula is C50H71IN8O15. The molecule has 1 saturated heterocycles. The summed E-state index contributed by atoms with van der Waals surface area (Å²) >= 11 is 2.19. The van der Waals surface area contributed by atoms with Gasteiger partial charge in [0, 0.05) is 100 Å². The maximum absolute atomic E-state index is 13.5. The summed E-state index contributed by atoms with van der Waals surface area (Å²) in [6.45, 7) is 3.44. The van der Waals surface area contributed by atoms with Gasteiger partial charge in [-0.2, -0.15) is 0 Å². The van der Waals surface area contributed by atoms with Crippen LogP contribution in [0.15, 0.2) is 48.5 Å². The quantitative estimate of drug-likeness (QED) is 0.0305. The highest BCUT2D eigenvalue weighted by Crippen LogP contribution is 2.16. The molecular weight excluding hydrogens is 1080 g/mol. The van der Waals surface area contributed by atoms with E-state index in [2.05, 4.69) is 38.5 Å². The Kier molecular flexibility index (Phi) is 28.3. The number of carboxylic acids is 5. The Morgan fingerprint density at radius 2 is 1.01 bits per heavy atom. The van der Waals surface area contributed by atoms with Crippen molar-refractivity contribution in [1.82, 2.24) is 40.4 Å². The highest BCUT2D eigenvalue weighted by Gasteiger charge is 2.26. The number of hydrogen-bond acceptors (Lipinski definition) is 14. The summed E-state index contributed by atoms with van der Waals surface area (Å²) in [6.07, 6.45) is 2.73. The van der Waals surface area contributed by atoms with Crippen LogP contribution in [0.1, 0.15) is 92.6 Å². The van der Waals surface area contributed by atoms with Crippen LogP contribution >= 0.6 is 22.6 Å². The predicted octanol–water partition coefficient (Wildman–Crippen LogP) is 2.29. The molecule has 24 heteroatoms. The topological polar surface area (TPSA) is 324 Å². The summed E-state index contributed by atoms with van der Waals surface area (Å²) in [7, 11) is 0. The number of nitrogens with one attached hydrogen (secondary N) is 3. The number of amides is 4. The van der Waals surface area contributed by atoms with Crippen molar-refractivity contribution in [2.24, 2.45) is 0 Å². The lowest BCUT2D eigenvalue weighted by molar-refractivity contribution is -0.140. The van der Waals surface area contributed by atoms with Crippen LogP contribution in [0.5, 0.6) is 0 Å². The van der Waals surface area contributed by atoms with Crippen LogP contribution in [-0.4, -0.2) is 206 Å². The Morgan fingerprint density at radius 1 is 0.554 bits per heavy atom. The maximum Gasteiger partial charge on any atom is 0.326 e. The van der Waals surface area contributed by atoms with Crippen molar-refractivity contribution < 1.29 is 73.5 Å². The van der Waals surface area contributed by atoms with Crippen molar-refractivity contribution in [2.45, 2.75) is 96.3 Å². The van der Waals surface area contributed by atoms with Crippen molar-refractivity contribution in [2.75, 3.05) is 85.1 Å². The van der Waals surface area contributed by atoms with E-state index in [1.54, 1.807) is 43.9 Å². The zero-order valence-corrected chi connectivity index (χ0v) is 44.0. The van der Waals surface area contributed by atoms with Gasteiger partial charge in [-0.25, -0.2) is 14.4 Å². The molecule has 2 aromatic carbocycles. The first-order chi connectivity index (χ1) is 35.2. The molecule has 2 aromatic rings. The first-order valence-corrected chi connectivity index (χ1v) is 25.7. The summed E-state index contributed by atoms with van der Waals surface area (Å²) in [6, 6.07) is 10.9. The normalized spacial score (nSPS) is 15.1. The molecule has 2 atom stereocenters. The molecule has 74 heavy (non-hydrogen) atoms. The third-order valence-corrected chi connectivity index (χ3v) is 13.0. The molecule has 0 bridgehead atoms. The summed E-state index contributed by atoms with van der Waals surface area (Å²) < 4.78 is 1.03. The molecule has 1 aliphatic heterocycles. The van der Waals surface area contributed by atoms with Crippen LogP contribution < -0.4 is 16.0 Å². The van der Waals surface area contributed by atoms with E-state index >= 15 is 0 Å². The van der Waals surface area contributed by atoms with Gasteiger partial charge in [0.05, 0.1) is 26.2 Å². The second-order valence-corrected chi connectivity index (χ2v) is 19.6. The minimum atomic E-state index is -1.37. The number of aliphatic carboxylic acids is 5. The fourth-order valence-corrected chi connectivity index (χ4v) is 8.43. The first-order valence-electron chi connectivity index (χ1n) is 24.6. The van der Waals surface area contributed by atoms with E-state index in [9.17, 15) is 73.5 Å². The Bertz CT molecular complexity index is 2170. The van der Waals surface area contributed by atoms with Gasteiger partial charge >= 0.3 is 35.9 Å². The van der Waals surface area contributed by atoms with Crippen molar-refractivity contribution in [3.8, 4) is 0 Å². The number of hydrogen-bond donors (Lipinski definition) is 8. The fraction of sp³-hybridized carbons (Fsp3) is 0.560. The Balaban J connectivity index is 1.48. The van der Waals surface area contributed by atoms with Gasteiger partial charge in [-0.3, -0.25) is 48.4 Å². The van der Waals surface area contributed by atoms with Crippen LogP contribution in [0.4, 0.5) is 4.79 Å². The third-order valence-electron chi connectivity index (χ3n) is 12.2. The van der Waals surface area contributed by atoms with Crippen LogP contribution in [-0.2, 0) is 51.4 Å². The van der Waals surface area contributed by atoms with E-state index in [0.717, 1.165) is 14.7 Å². The number of halogens is 1. The van der Waals surface area contributed by atoms with Crippen molar-refractivity contribution >= 4 is 81.8 Å². The number of nitrogens with zero attached hydrogens (tertiary/aromatic N) is 5. The van der Waals surface area contributed by atoms with Crippen LogP contribution in [0.25, 0.3) is 0 Å². The van der Waals surface area contributed by atoms with E-state index in [4.69, 9.17) is 0 Å². The van der Waals surface area contributed by atoms with Gasteiger partial charge in [0.2, 0.25) is 11.8 Å². The average Bonchev–Trinajstić information content (AvgIpc) is 3.33. The lowest BCUT2D eigenvalue weighted by Gasteiger charge is -2.32. The molecule has 4 amide bonds. The second-order valence-electron chi connectivity index (χ2n) is 18.3. The van der Waals surface area contributed by atoms with E-state index in [1.165, 1.54) is 6.92 Å². The van der Waals surface area contributed by atoms with Crippen molar-refractivity contribution in [3.05, 3.63) is 68.8 Å². The molecule has 1 heterocycles. The molecule has 23 nitrogen and oxygen atoms in total. The second kappa shape index (κ2) is 33.7. The molecule has 1 aliphatic rings. The number of carbonyl (C=O) groups excluding carboxylic acids is 5. The summed E-state index contributed by atoms with van der Waals surface area (Å²) in [5.74, 6) is -6.55. The molecule has 0 saturated carbocycles. The number of ketones is 2. The van der Waals surface area contributed by atoms with Gasteiger partial charge in [-0.05, 0) is 91.3 Å². The van der Waals surface area contributed by atoms with Gasteiger partial charge < -0.3 is 51.2 Å². The van der Waals surface area contributed by atoms with Gasteiger partial charge in [-0.1, -0.05) is 42.8 Å². The smallest absolute Gasteiger partial charge is 0.326 e. The summed E-state index contributed by atoms with van der Waals surface area (Å²) in [4.78, 5) is 130. The number of Topliss-reactive ketones (excluding diaryl/α,β-unsaturated/α-hetero) is 2. The summed E-state index contributed by atoms with van der Waals surface area (Å²) in [5.41, 5.74) is 2.16. The van der Waals surface area contributed by atoms with Gasteiger partial charge in [0.15, 0.2) is 5.78 Å². The molecule has 0 aromatic heterocycles. The molecule has 0 spiro atoms. The van der Waals surface area contributed by atoms with Gasteiger partial charge in [0.1, 0.15) is 17.9 Å². The molecule has 0 unspecified atom stereocenters. The van der Waals surface area contributed by atoms with Gasteiger partial charge in [-0.15, -0.1) is 0 Å². The molecule has 0 radical (unpaired) electrons. The van der Waals surface area contributed by atoms with Gasteiger partial charge in [0.25, 0.3) is 0 Å². The SMILES string of the molecule is CC(=O)CC[C@@H](NC(=O)N[C@H](CCCCN(Cc1ccc(I)cc1)C(=O)CCCCCC(=O)c1ccc(CNC(=O)CN2CCN(CC(=O)O)CCN(CC(=O)O)CCN(CC(=O)O)CC2)cc1)C(=O)O)C(=O)O. The highest BCUT2D eigenvalue weighted by atomic mass is 127. The zero-order valence-electron chi connectivity index (χ0n) is 41.9. The lowest BCUT2D eigenvalue weighted by Crippen LogP contribution is -2.51. The molecule has 0 aliphatic carbocycles. The lowest BCUT2D eigenvalue weighted by atomic mass is 10.0. The number of benzene rings is 2. The molecule has 3 rings (SSSR count). The van der Waals surface area contributed by atoms with E-state index in [0.29, 0.717) is 63.8 Å². The van der Waals surface area contributed by atoms with E-state index in [-0.39, 0.29) is 127 Å². The molecule has 1 fully saturated rings. The largest absolute Gasteiger partial charge is 0.480 e. The molecule has 408 valence electrons. The molecule has 8 N–H and O–H groups in total. The first kappa shape index (κ1) is 62.2.